The third-order valence-corrected chi connectivity index (χ3v) is 0. The molecule has 0 aromatic heterocycles. The molecule has 28 valence electrons. The van der Waals surface area contributed by atoms with Gasteiger partial charge in [-0.05, 0) is 0 Å². The number of hydrogen-bond acceptors (Lipinski definition) is 0. The van der Waals surface area contributed by atoms with Crippen molar-refractivity contribution in [3.05, 3.63) is 0 Å². The molecule has 0 aliphatic rings. The number of hydrogen-bond donors (Lipinski definition) is 0. The summed E-state index contributed by atoms with van der Waals surface area (Å²) in [6, 6.07) is 0. The topological polar surface area (TPSA) is 31.5 Å². The van der Waals surface area contributed by atoms with Crippen LogP contribution in [-0.4, -0.2) is 5.48 Å². The molecule has 0 saturated carbocycles. The second-order valence-corrected chi connectivity index (χ2v) is 0.345. The van der Waals surface area contributed by atoms with Crippen molar-refractivity contribution in [3.63, 3.8) is 0 Å². The van der Waals surface area contributed by atoms with Gasteiger partial charge in [-0.25, -0.2) is 0 Å². The van der Waals surface area contributed by atoms with E-state index in [9.17, 15) is 6.32 Å². The molecular formula is H2F2MoO. The quantitative estimate of drug-likeness (QED) is 0.438. The molecule has 0 unspecified atom stereocenters. The first-order valence-electron chi connectivity index (χ1n) is 0.309. The van der Waals surface area contributed by atoms with Crippen LogP contribution in [0.5, 0.6) is 0 Å². The molecule has 0 atom stereocenters. The summed E-state index contributed by atoms with van der Waals surface area (Å²) < 4.78 is 19.5. The summed E-state index contributed by atoms with van der Waals surface area (Å²) in [6.07, 6.45) is 0. The summed E-state index contributed by atoms with van der Waals surface area (Å²) in [7, 11) is 0. The van der Waals surface area contributed by atoms with Crippen LogP contribution < -0.4 is 0 Å². The van der Waals surface area contributed by atoms with E-state index in [1.807, 2.05) is 0 Å². The summed E-state index contributed by atoms with van der Waals surface area (Å²) in [5.74, 6) is 0. The first-order valence-corrected chi connectivity index (χ1v) is 1.83. The second-order valence-electron chi connectivity index (χ2n) is 0.0583. The Kier molecular flexibility index (Phi) is 21.4. The molecule has 0 amide bonds. The molecular weight excluding hydrogens is 150 g/mol. The third kappa shape index (κ3) is 22.1. The van der Waals surface area contributed by atoms with Crippen molar-refractivity contribution in [1.82, 2.24) is 0 Å². The van der Waals surface area contributed by atoms with E-state index < -0.39 is 19.6 Å². The van der Waals surface area contributed by atoms with Crippen LogP contribution in [0.3, 0.4) is 0 Å². The Morgan fingerprint density at radius 2 is 1.25 bits per heavy atom. The summed E-state index contributed by atoms with van der Waals surface area (Å²) in [4.78, 5) is 0. The Morgan fingerprint density at radius 1 is 1.25 bits per heavy atom. The Morgan fingerprint density at radius 3 is 1.25 bits per heavy atom. The Bertz CT molecular complexity index is 6.00. The van der Waals surface area contributed by atoms with Gasteiger partial charge in [0.2, 0.25) is 0 Å². The minimum atomic E-state index is -2.53. The van der Waals surface area contributed by atoms with Crippen molar-refractivity contribution in [2.45, 2.75) is 0 Å². The zero-order valence-electron chi connectivity index (χ0n) is 1.66. The summed E-state index contributed by atoms with van der Waals surface area (Å²) in [5, 5.41) is 0. The average molecular weight is 152 g/mol. The van der Waals surface area contributed by atoms with E-state index in [0.717, 1.165) is 0 Å². The standard InChI is InChI=1S/2FH.Mo.H2O/h2*1H;;1H2/q;;+2;/p-2. The van der Waals surface area contributed by atoms with Crippen LogP contribution in [-0.2, 0) is 19.6 Å². The van der Waals surface area contributed by atoms with Gasteiger partial charge in [-0.1, -0.05) is 0 Å². The van der Waals surface area contributed by atoms with Crippen molar-refractivity contribution >= 4 is 0 Å². The number of halogens is 2. The van der Waals surface area contributed by atoms with Gasteiger partial charge in [-0.3, -0.25) is 0 Å². The molecule has 0 aromatic carbocycles. The van der Waals surface area contributed by atoms with Gasteiger partial charge in [0.15, 0.2) is 0 Å². The van der Waals surface area contributed by atoms with Crippen molar-refractivity contribution < 1.29 is 31.4 Å². The third-order valence-electron chi connectivity index (χ3n) is 0. The molecule has 4 heavy (non-hydrogen) atoms. The van der Waals surface area contributed by atoms with Crippen LogP contribution in [0, 0.1) is 0 Å². The van der Waals surface area contributed by atoms with Crippen LogP contribution in [0.4, 0.5) is 6.32 Å². The van der Waals surface area contributed by atoms with Crippen LogP contribution in [0.25, 0.3) is 0 Å². The van der Waals surface area contributed by atoms with E-state index in [1.165, 1.54) is 0 Å². The maximum absolute atomic E-state index is 9.75. The molecule has 0 fully saturated rings. The van der Waals surface area contributed by atoms with Crippen LogP contribution in [0.2, 0.25) is 0 Å². The molecule has 0 bridgehead atoms. The molecule has 0 heterocycles. The van der Waals surface area contributed by atoms with Gasteiger partial charge in [-0.15, -0.1) is 0 Å². The molecule has 0 aliphatic heterocycles. The molecule has 0 aromatic rings. The van der Waals surface area contributed by atoms with E-state index in [4.69, 9.17) is 0 Å². The monoisotopic (exact) mass is 154 g/mol. The van der Waals surface area contributed by atoms with Crippen molar-refractivity contribution in [1.29, 1.82) is 0 Å². The van der Waals surface area contributed by atoms with Gasteiger partial charge in [-0.2, -0.15) is 0 Å². The molecule has 0 spiro atoms. The Hall–Kier alpha value is 0.508. The molecule has 0 aliphatic carbocycles. The fourth-order valence-electron chi connectivity index (χ4n) is 0. The molecule has 2 N–H and O–H groups in total. The normalized spacial score (nSPS) is 4.50. The van der Waals surface area contributed by atoms with Gasteiger partial charge in [0, 0.05) is 0 Å². The molecule has 0 saturated heterocycles. The zero-order valence-corrected chi connectivity index (χ0v) is 3.67. The van der Waals surface area contributed by atoms with E-state index in [-0.39, 0.29) is 5.48 Å². The van der Waals surface area contributed by atoms with Crippen LogP contribution >= 0.6 is 0 Å². The van der Waals surface area contributed by atoms with Crippen molar-refractivity contribution in [2.24, 2.45) is 0 Å². The fourth-order valence-corrected chi connectivity index (χ4v) is 0. The summed E-state index contributed by atoms with van der Waals surface area (Å²) in [6.45, 7) is 0. The van der Waals surface area contributed by atoms with Crippen LogP contribution in [0.1, 0.15) is 0 Å². The minimum absolute atomic E-state index is 0. The fraction of sp³-hybridized carbons (Fsp3) is 0. The van der Waals surface area contributed by atoms with Gasteiger partial charge >= 0.3 is 25.9 Å². The first-order chi connectivity index (χ1) is 1.41. The van der Waals surface area contributed by atoms with Gasteiger partial charge < -0.3 is 5.48 Å². The molecule has 1 nitrogen and oxygen atoms in total. The van der Waals surface area contributed by atoms with Gasteiger partial charge in [0.1, 0.15) is 0 Å². The SMILES string of the molecule is O.[F][Mo][F]. The molecule has 0 radical (unpaired) electrons. The van der Waals surface area contributed by atoms with Gasteiger partial charge in [0.05, 0.1) is 0 Å². The predicted octanol–water partition coefficient (Wildman–Crippen LogP) is 0.0132. The second kappa shape index (κ2) is 9.70. The summed E-state index contributed by atoms with van der Waals surface area (Å²) in [5.41, 5.74) is 0. The van der Waals surface area contributed by atoms with E-state index >= 15 is 0 Å². The van der Waals surface area contributed by atoms with Gasteiger partial charge in [0.25, 0.3) is 0 Å². The van der Waals surface area contributed by atoms with Crippen molar-refractivity contribution in [3.8, 4) is 0 Å². The van der Waals surface area contributed by atoms with Crippen molar-refractivity contribution in [2.75, 3.05) is 0 Å². The van der Waals surface area contributed by atoms with Crippen LogP contribution in [0.15, 0.2) is 0 Å². The van der Waals surface area contributed by atoms with E-state index in [0.29, 0.717) is 0 Å². The molecule has 0 rings (SSSR count). The average Bonchev–Trinajstić information content (AvgIpc) is 0.918. The Balaban J connectivity index is 0. The number of rotatable bonds is 0. The summed E-state index contributed by atoms with van der Waals surface area (Å²) >= 11 is -2.53. The molecule has 4 heteroatoms. The Labute approximate surface area is 32.1 Å². The predicted molar refractivity (Wildman–Crippen MR) is 5.83 cm³/mol. The maximum atomic E-state index is 9.75. The zero-order chi connectivity index (χ0) is 2.71. The first kappa shape index (κ1) is 8.82. The van der Waals surface area contributed by atoms with E-state index in [2.05, 4.69) is 0 Å². The van der Waals surface area contributed by atoms with E-state index in [1.54, 1.807) is 0 Å².